The fraction of sp³-hybridized carbons (Fsp3) is 0.462. The molecule has 0 spiro atoms. The summed E-state index contributed by atoms with van der Waals surface area (Å²) in [5.74, 6) is 0. The predicted molar refractivity (Wildman–Crippen MR) is 61.0 cm³/mol. The summed E-state index contributed by atoms with van der Waals surface area (Å²) in [6, 6.07) is 9.28. The summed E-state index contributed by atoms with van der Waals surface area (Å²) in [6.07, 6.45) is 3.57. The Labute approximate surface area is 85.9 Å². The molecule has 0 bridgehead atoms. The predicted octanol–water partition coefficient (Wildman–Crippen LogP) is 3.36. The van der Waals surface area contributed by atoms with Gasteiger partial charge in [-0.05, 0) is 31.7 Å². The van der Waals surface area contributed by atoms with Gasteiger partial charge in [0.2, 0.25) is 0 Å². The summed E-state index contributed by atoms with van der Waals surface area (Å²) in [5.41, 5.74) is 3.93. The Morgan fingerprint density at radius 1 is 1.29 bits per heavy atom. The molecule has 0 aliphatic carbocycles. The minimum Gasteiger partial charge on any atom is -0.286 e. The first-order valence-corrected chi connectivity index (χ1v) is 5.43. The molecule has 1 heteroatoms. The number of aryl methyl sites for hydroxylation is 1. The second-order valence-corrected chi connectivity index (χ2v) is 4.04. The van der Waals surface area contributed by atoms with Crippen LogP contribution in [0.2, 0.25) is 0 Å². The molecular formula is C13H17N. The first-order valence-electron chi connectivity index (χ1n) is 5.43. The molecule has 1 unspecified atom stereocenters. The van der Waals surface area contributed by atoms with E-state index >= 15 is 0 Å². The van der Waals surface area contributed by atoms with Crippen LogP contribution in [-0.4, -0.2) is 11.8 Å². The molecule has 0 fully saturated rings. The van der Waals surface area contributed by atoms with Crippen LogP contribution in [0.3, 0.4) is 0 Å². The minimum absolute atomic E-state index is 0.575. The molecule has 1 heterocycles. The summed E-state index contributed by atoms with van der Waals surface area (Å²) in [4.78, 5) is 4.72. The molecule has 1 aliphatic heterocycles. The zero-order chi connectivity index (χ0) is 9.97. The van der Waals surface area contributed by atoms with Gasteiger partial charge in [0, 0.05) is 5.71 Å². The lowest BCUT2D eigenvalue weighted by atomic mass is 10.1. The fourth-order valence-electron chi connectivity index (χ4n) is 1.91. The van der Waals surface area contributed by atoms with Crippen molar-refractivity contribution >= 4 is 5.71 Å². The van der Waals surface area contributed by atoms with Crippen LogP contribution in [0.15, 0.2) is 29.3 Å². The third-order valence-corrected chi connectivity index (χ3v) is 2.91. The van der Waals surface area contributed by atoms with E-state index in [0.717, 1.165) is 6.42 Å². The maximum Gasteiger partial charge on any atom is 0.0504 e. The summed E-state index contributed by atoms with van der Waals surface area (Å²) in [6.45, 7) is 4.33. The van der Waals surface area contributed by atoms with Crippen LogP contribution >= 0.6 is 0 Å². The average Bonchev–Trinajstić information content (AvgIpc) is 2.67. The second-order valence-electron chi connectivity index (χ2n) is 4.04. The van der Waals surface area contributed by atoms with Gasteiger partial charge in [0.25, 0.3) is 0 Å². The minimum atomic E-state index is 0.575. The van der Waals surface area contributed by atoms with Crippen molar-refractivity contribution in [3.8, 4) is 0 Å². The number of benzene rings is 1. The highest BCUT2D eigenvalue weighted by Crippen LogP contribution is 2.20. The molecule has 0 radical (unpaired) electrons. The first-order chi connectivity index (χ1) is 6.79. The molecule has 0 saturated carbocycles. The van der Waals surface area contributed by atoms with Crippen LogP contribution < -0.4 is 0 Å². The van der Waals surface area contributed by atoms with E-state index in [1.54, 1.807) is 0 Å². The number of hydrogen-bond acceptors (Lipinski definition) is 1. The van der Waals surface area contributed by atoms with E-state index in [2.05, 4.69) is 38.1 Å². The fourth-order valence-corrected chi connectivity index (χ4v) is 1.91. The molecule has 1 aromatic carbocycles. The zero-order valence-corrected chi connectivity index (χ0v) is 8.96. The van der Waals surface area contributed by atoms with Gasteiger partial charge in [-0.25, -0.2) is 0 Å². The van der Waals surface area contributed by atoms with Crippen molar-refractivity contribution in [3.63, 3.8) is 0 Å². The van der Waals surface area contributed by atoms with Crippen LogP contribution in [0.5, 0.6) is 0 Å². The normalized spacial score (nSPS) is 21.0. The molecule has 74 valence electrons. The third-order valence-electron chi connectivity index (χ3n) is 2.91. The van der Waals surface area contributed by atoms with Gasteiger partial charge in [0.1, 0.15) is 0 Å². The van der Waals surface area contributed by atoms with Crippen molar-refractivity contribution < 1.29 is 0 Å². The third kappa shape index (κ3) is 1.87. The second kappa shape index (κ2) is 3.95. The van der Waals surface area contributed by atoms with Gasteiger partial charge < -0.3 is 0 Å². The lowest BCUT2D eigenvalue weighted by Gasteiger charge is -2.00. The summed E-state index contributed by atoms with van der Waals surface area (Å²) < 4.78 is 0. The monoisotopic (exact) mass is 187 g/mol. The SMILES string of the molecule is CCC1CCC(c2ccc(C)cc2)=N1. The highest BCUT2D eigenvalue weighted by molar-refractivity contribution is 6.01. The summed E-state index contributed by atoms with van der Waals surface area (Å²) in [5, 5.41) is 0. The van der Waals surface area contributed by atoms with Crippen molar-refractivity contribution in [2.24, 2.45) is 4.99 Å². The molecule has 1 aromatic rings. The summed E-state index contributed by atoms with van der Waals surface area (Å²) in [7, 11) is 0. The van der Waals surface area contributed by atoms with Gasteiger partial charge in [-0.2, -0.15) is 0 Å². The molecule has 1 atom stereocenters. The number of aliphatic imine (C=N–C) groups is 1. The smallest absolute Gasteiger partial charge is 0.0504 e. The van der Waals surface area contributed by atoms with Crippen LogP contribution in [0.1, 0.15) is 37.3 Å². The van der Waals surface area contributed by atoms with E-state index < -0.39 is 0 Å². The number of hydrogen-bond donors (Lipinski definition) is 0. The van der Waals surface area contributed by atoms with Gasteiger partial charge in [-0.1, -0.05) is 36.8 Å². The van der Waals surface area contributed by atoms with E-state index in [1.807, 2.05) is 0 Å². The topological polar surface area (TPSA) is 12.4 Å². The molecule has 1 nitrogen and oxygen atoms in total. The van der Waals surface area contributed by atoms with Gasteiger partial charge >= 0.3 is 0 Å². The Hall–Kier alpha value is -1.11. The van der Waals surface area contributed by atoms with E-state index in [-0.39, 0.29) is 0 Å². The zero-order valence-electron chi connectivity index (χ0n) is 8.96. The van der Waals surface area contributed by atoms with E-state index in [4.69, 9.17) is 4.99 Å². The van der Waals surface area contributed by atoms with Crippen molar-refractivity contribution in [3.05, 3.63) is 35.4 Å². The van der Waals surface area contributed by atoms with Crippen molar-refractivity contribution in [2.75, 3.05) is 0 Å². The molecule has 0 saturated heterocycles. The average molecular weight is 187 g/mol. The quantitative estimate of drug-likeness (QED) is 0.673. The van der Waals surface area contributed by atoms with Crippen molar-refractivity contribution in [1.82, 2.24) is 0 Å². The van der Waals surface area contributed by atoms with Crippen molar-refractivity contribution in [2.45, 2.75) is 39.2 Å². The molecule has 0 amide bonds. The van der Waals surface area contributed by atoms with Gasteiger partial charge in [-0.15, -0.1) is 0 Å². The van der Waals surface area contributed by atoms with Crippen LogP contribution in [0.25, 0.3) is 0 Å². The maximum absolute atomic E-state index is 4.72. The molecule has 2 rings (SSSR count). The maximum atomic E-state index is 4.72. The Morgan fingerprint density at radius 3 is 2.57 bits per heavy atom. The highest BCUT2D eigenvalue weighted by atomic mass is 14.8. The van der Waals surface area contributed by atoms with Crippen LogP contribution in [0.4, 0.5) is 0 Å². The lowest BCUT2D eigenvalue weighted by molar-refractivity contribution is 0.649. The molecule has 0 N–H and O–H groups in total. The Morgan fingerprint density at radius 2 is 2.00 bits per heavy atom. The molecule has 1 aliphatic rings. The van der Waals surface area contributed by atoms with Crippen molar-refractivity contribution in [1.29, 1.82) is 0 Å². The summed E-state index contributed by atoms with van der Waals surface area (Å²) >= 11 is 0. The van der Waals surface area contributed by atoms with Gasteiger partial charge in [0.15, 0.2) is 0 Å². The largest absolute Gasteiger partial charge is 0.286 e. The van der Waals surface area contributed by atoms with Gasteiger partial charge in [-0.3, -0.25) is 4.99 Å². The van der Waals surface area contributed by atoms with E-state index in [9.17, 15) is 0 Å². The van der Waals surface area contributed by atoms with E-state index in [1.165, 1.54) is 29.7 Å². The molecular weight excluding hydrogens is 170 g/mol. The van der Waals surface area contributed by atoms with Gasteiger partial charge in [0.05, 0.1) is 6.04 Å². The number of rotatable bonds is 2. The standard InChI is InChI=1S/C13H17N/c1-3-12-8-9-13(14-12)11-6-4-10(2)5-7-11/h4-7,12H,3,8-9H2,1-2H3. The van der Waals surface area contributed by atoms with Crippen LogP contribution in [-0.2, 0) is 0 Å². The Balaban J connectivity index is 2.20. The number of nitrogens with zero attached hydrogens (tertiary/aromatic N) is 1. The first kappa shape index (κ1) is 9.45. The van der Waals surface area contributed by atoms with Crippen LogP contribution in [0, 0.1) is 6.92 Å². The lowest BCUT2D eigenvalue weighted by Crippen LogP contribution is -1.95. The molecule has 0 aromatic heterocycles. The molecule has 14 heavy (non-hydrogen) atoms. The van der Waals surface area contributed by atoms with E-state index in [0.29, 0.717) is 6.04 Å². The Kier molecular flexibility index (Phi) is 2.67. The Bertz CT molecular complexity index is 335. The highest BCUT2D eigenvalue weighted by Gasteiger charge is 2.16.